The number of halogens is 1. The first-order chi connectivity index (χ1) is 17.5. The van der Waals surface area contributed by atoms with Crippen molar-refractivity contribution in [1.82, 2.24) is 19.7 Å². The Morgan fingerprint density at radius 1 is 1.00 bits per heavy atom. The fourth-order valence-electron chi connectivity index (χ4n) is 3.29. The topological polar surface area (TPSA) is 137 Å². The summed E-state index contributed by atoms with van der Waals surface area (Å²) in [5, 5.41) is 9.88. The van der Waals surface area contributed by atoms with Crippen LogP contribution >= 0.6 is 0 Å². The van der Waals surface area contributed by atoms with Crippen molar-refractivity contribution in [3.05, 3.63) is 83.8 Å². The van der Waals surface area contributed by atoms with E-state index in [0.29, 0.717) is 11.5 Å². The second kappa shape index (κ2) is 10.1. The summed E-state index contributed by atoms with van der Waals surface area (Å²) in [5.41, 5.74) is 7.18. The van der Waals surface area contributed by atoms with Gasteiger partial charge < -0.3 is 15.8 Å². The van der Waals surface area contributed by atoms with Crippen LogP contribution in [-0.2, 0) is 5.41 Å². The molecule has 0 aliphatic rings. The van der Waals surface area contributed by atoms with E-state index in [2.05, 4.69) is 25.7 Å². The highest BCUT2D eigenvalue weighted by Gasteiger charge is 2.22. The Morgan fingerprint density at radius 2 is 1.76 bits per heavy atom. The molecular formula is C26H26FN7O3. The summed E-state index contributed by atoms with van der Waals surface area (Å²) >= 11 is 0. The Morgan fingerprint density at radius 3 is 2.41 bits per heavy atom. The molecule has 190 valence electrons. The summed E-state index contributed by atoms with van der Waals surface area (Å²) < 4.78 is 21.9. The predicted octanol–water partition coefficient (Wildman–Crippen LogP) is 4.94. The molecule has 1 aromatic carbocycles. The van der Waals surface area contributed by atoms with E-state index < -0.39 is 17.8 Å². The largest absolute Gasteiger partial charge is 0.457 e. The van der Waals surface area contributed by atoms with Crippen molar-refractivity contribution in [2.24, 2.45) is 5.73 Å². The Balaban J connectivity index is 1.51. The van der Waals surface area contributed by atoms with E-state index in [1.807, 2.05) is 39.8 Å². The molecule has 3 heterocycles. The Bertz CT molecular complexity index is 1460. The van der Waals surface area contributed by atoms with Gasteiger partial charge in [-0.3, -0.25) is 20.1 Å². The highest BCUT2D eigenvalue weighted by molar-refractivity contribution is 5.99. The van der Waals surface area contributed by atoms with Crippen molar-refractivity contribution < 1.29 is 18.7 Å². The van der Waals surface area contributed by atoms with Crippen molar-refractivity contribution in [2.75, 3.05) is 10.6 Å². The standard InChI is InChI=1S/C26H26FN7O3/c1-15-5-6-16(14-30-15)34-23(13-22(33-34)26(2,3)4)32-25(36)31-20-8-7-17(11-19(20)27)37-18-9-10-29-21(12-18)24(28)35/h5-14H,1-4H3,(H2,28,35)(H2,31,32,36). The van der Waals surface area contributed by atoms with Crippen molar-refractivity contribution in [1.29, 1.82) is 0 Å². The average Bonchev–Trinajstić information content (AvgIpc) is 3.26. The molecule has 37 heavy (non-hydrogen) atoms. The van der Waals surface area contributed by atoms with E-state index in [4.69, 9.17) is 10.5 Å². The highest BCUT2D eigenvalue weighted by Crippen LogP contribution is 2.28. The van der Waals surface area contributed by atoms with Crippen LogP contribution in [0.3, 0.4) is 0 Å². The van der Waals surface area contributed by atoms with Crippen LogP contribution in [0.2, 0.25) is 0 Å². The maximum Gasteiger partial charge on any atom is 0.324 e. The molecule has 10 nitrogen and oxygen atoms in total. The van der Waals surface area contributed by atoms with E-state index in [1.165, 1.54) is 30.5 Å². The first kappa shape index (κ1) is 25.3. The summed E-state index contributed by atoms with van der Waals surface area (Å²) in [6.07, 6.45) is 3.01. The zero-order valence-electron chi connectivity index (χ0n) is 20.7. The number of ether oxygens (including phenoxy) is 1. The molecule has 0 saturated carbocycles. The number of benzene rings is 1. The molecule has 0 aliphatic heterocycles. The average molecular weight is 504 g/mol. The number of urea groups is 1. The van der Waals surface area contributed by atoms with E-state index in [0.717, 1.165) is 17.5 Å². The Hall–Kier alpha value is -4.80. The molecule has 4 aromatic rings. The third-order valence-corrected chi connectivity index (χ3v) is 5.27. The smallest absolute Gasteiger partial charge is 0.324 e. The van der Waals surface area contributed by atoms with Gasteiger partial charge in [-0.05, 0) is 37.3 Å². The van der Waals surface area contributed by atoms with Crippen LogP contribution in [0, 0.1) is 12.7 Å². The van der Waals surface area contributed by atoms with Crippen LogP contribution < -0.4 is 21.1 Å². The van der Waals surface area contributed by atoms with Gasteiger partial charge in [0, 0.05) is 35.5 Å². The first-order valence-corrected chi connectivity index (χ1v) is 11.3. The lowest BCUT2D eigenvalue weighted by Gasteiger charge is -2.14. The molecule has 3 aromatic heterocycles. The number of nitrogens with one attached hydrogen (secondary N) is 2. The highest BCUT2D eigenvalue weighted by atomic mass is 19.1. The molecule has 0 unspecified atom stereocenters. The van der Waals surface area contributed by atoms with Crippen LogP contribution in [0.25, 0.3) is 5.69 Å². The number of nitrogens with zero attached hydrogens (tertiary/aromatic N) is 4. The van der Waals surface area contributed by atoms with Gasteiger partial charge in [-0.25, -0.2) is 13.9 Å². The number of anilines is 2. The summed E-state index contributed by atoms with van der Waals surface area (Å²) in [5.74, 6) is -0.614. The van der Waals surface area contributed by atoms with Crippen molar-refractivity contribution >= 4 is 23.4 Å². The molecule has 0 bridgehead atoms. The minimum absolute atomic E-state index is 0.0169. The lowest BCUT2D eigenvalue weighted by molar-refractivity contribution is 0.0995. The molecule has 0 aliphatic carbocycles. The van der Waals surface area contributed by atoms with Gasteiger partial charge >= 0.3 is 6.03 Å². The summed E-state index contributed by atoms with van der Waals surface area (Å²) in [7, 11) is 0. The van der Waals surface area contributed by atoms with Gasteiger partial charge in [0.05, 0.1) is 23.3 Å². The number of hydrogen-bond donors (Lipinski definition) is 3. The number of aromatic nitrogens is 4. The molecule has 0 fully saturated rings. The SMILES string of the molecule is Cc1ccc(-n2nc(C(C)(C)C)cc2NC(=O)Nc2ccc(Oc3ccnc(C(N)=O)c3)cc2F)cn1. The maximum atomic E-state index is 14.8. The number of carbonyl (C=O) groups is 2. The summed E-state index contributed by atoms with van der Waals surface area (Å²) in [4.78, 5) is 32.2. The third kappa shape index (κ3) is 6.07. The maximum absolute atomic E-state index is 14.8. The van der Waals surface area contributed by atoms with Crippen LogP contribution in [0.1, 0.15) is 42.6 Å². The number of hydrogen-bond acceptors (Lipinski definition) is 6. The second-order valence-corrected chi connectivity index (χ2v) is 9.30. The summed E-state index contributed by atoms with van der Waals surface area (Å²) in [6, 6.07) is 11.6. The van der Waals surface area contributed by atoms with E-state index >= 15 is 0 Å². The molecule has 0 radical (unpaired) electrons. The van der Waals surface area contributed by atoms with E-state index in [-0.39, 0.29) is 28.3 Å². The Labute approximate surface area is 212 Å². The molecular weight excluding hydrogens is 477 g/mol. The van der Waals surface area contributed by atoms with E-state index in [1.54, 1.807) is 16.9 Å². The number of amides is 3. The normalized spacial score (nSPS) is 11.2. The lowest BCUT2D eigenvalue weighted by Crippen LogP contribution is -2.22. The third-order valence-electron chi connectivity index (χ3n) is 5.27. The molecule has 0 spiro atoms. The first-order valence-electron chi connectivity index (χ1n) is 11.3. The number of aryl methyl sites for hydroxylation is 1. The minimum Gasteiger partial charge on any atom is -0.457 e. The molecule has 0 saturated heterocycles. The van der Waals surface area contributed by atoms with Crippen molar-refractivity contribution in [3.8, 4) is 17.2 Å². The van der Waals surface area contributed by atoms with Crippen LogP contribution in [0.5, 0.6) is 11.5 Å². The van der Waals surface area contributed by atoms with Crippen molar-refractivity contribution in [3.63, 3.8) is 0 Å². The molecule has 4 N–H and O–H groups in total. The zero-order valence-corrected chi connectivity index (χ0v) is 20.7. The van der Waals surface area contributed by atoms with Crippen molar-refractivity contribution in [2.45, 2.75) is 33.1 Å². The number of primary amides is 1. The molecule has 0 atom stereocenters. The van der Waals surface area contributed by atoms with Gasteiger partial charge in [0.2, 0.25) is 0 Å². The van der Waals surface area contributed by atoms with Gasteiger partial charge in [0.15, 0.2) is 0 Å². The van der Waals surface area contributed by atoms with E-state index in [9.17, 15) is 14.0 Å². The lowest BCUT2D eigenvalue weighted by atomic mass is 9.92. The predicted molar refractivity (Wildman–Crippen MR) is 137 cm³/mol. The fraction of sp³-hybridized carbons (Fsp3) is 0.192. The number of pyridine rings is 2. The quantitative estimate of drug-likeness (QED) is 0.341. The van der Waals surface area contributed by atoms with Gasteiger partial charge in [-0.1, -0.05) is 20.8 Å². The monoisotopic (exact) mass is 503 g/mol. The molecule has 4 rings (SSSR count). The van der Waals surface area contributed by atoms with Gasteiger partial charge in [-0.15, -0.1) is 0 Å². The second-order valence-electron chi connectivity index (χ2n) is 9.30. The summed E-state index contributed by atoms with van der Waals surface area (Å²) in [6.45, 7) is 7.91. The van der Waals surface area contributed by atoms with Gasteiger partial charge in [-0.2, -0.15) is 5.10 Å². The fourth-order valence-corrected chi connectivity index (χ4v) is 3.29. The minimum atomic E-state index is -0.719. The van der Waals surface area contributed by atoms with Crippen LogP contribution in [0.15, 0.2) is 60.9 Å². The number of nitrogens with two attached hydrogens (primary N) is 1. The van der Waals surface area contributed by atoms with Gasteiger partial charge in [0.25, 0.3) is 5.91 Å². The van der Waals surface area contributed by atoms with Gasteiger partial charge in [0.1, 0.15) is 28.8 Å². The number of carbonyl (C=O) groups excluding carboxylic acids is 2. The molecule has 3 amide bonds. The van der Waals surface area contributed by atoms with Crippen LogP contribution in [0.4, 0.5) is 20.7 Å². The Kier molecular flexibility index (Phi) is 6.87. The van der Waals surface area contributed by atoms with Crippen LogP contribution in [-0.4, -0.2) is 31.7 Å². The number of rotatable bonds is 6. The molecule has 11 heteroatoms. The zero-order chi connectivity index (χ0) is 26.7.